The number of Topliss-reactive ketones (excluding diaryl/α,β-unsaturated/α-hetero) is 1. The van der Waals surface area contributed by atoms with E-state index in [0.29, 0.717) is 42.0 Å². The largest absolute Gasteiger partial charge is 0.494 e. The molecule has 0 bridgehead atoms. The molecular formula is C28H30N2O4. The van der Waals surface area contributed by atoms with Gasteiger partial charge >= 0.3 is 0 Å². The minimum atomic E-state index is -0.487. The molecule has 0 saturated carbocycles. The molecule has 0 saturated heterocycles. The number of nitrogens with one attached hydrogen (secondary N) is 1. The van der Waals surface area contributed by atoms with Crippen LogP contribution >= 0.6 is 0 Å². The fourth-order valence-corrected chi connectivity index (χ4v) is 4.49. The van der Waals surface area contributed by atoms with Gasteiger partial charge in [-0.15, -0.1) is 0 Å². The molecule has 0 fully saturated rings. The molecule has 1 aliphatic rings. The van der Waals surface area contributed by atoms with Crippen LogP contribution in [-0.2, 0) is 13.0 Å². The van der Waals surface area contributed by atoms with Crippen molar-refractivity contribution in [3.63, 3.8) is 0 Å². The predicted molar refractivity (Wildman–Crippen MR) is 132 cm³/mol. The summed E-state index contributed by atoms with van der Waals surface area (Å²) < 4.78 is 7.07. The number of nitrogens with zero attached hydrogens (tertiary/aromatic N) is 1. The third-order valence-corrected chi connectivity index (χ3v) is 6.16. The van der Waals surface area contributed by atoms with Crippen LogP contribution < -0.4 is 15.6 Å². The number of para-hydroxylation sites is 1. The van der Waals surface area contributed by atoms with Crippen LogP contribution in [0.2, 0.25) is 0 Å². The van der Waals surface area contributed by atoms with Crippen molar-refractivity contribution >= 4 is 11.7 Å². The maximum atomic E-state index is 13.6. The van der Waals surface area contributed by atoms with E-state index in [1.54, 1.807) is 6.20 Å². The van der Waals surface area contributed by atoms with Gasteiger partial charge in [0.2, 0.25) is 0 Å². The molecule has 3 aromatic rings. The predicted octanol–water partition coefficient (Wildman–Crippen LogP) is 4.63. The average Bonchev–Trinajstić information content (AvgIpc) is 2.78. The lowest BCUT2D eigenvalue weighted by molar-refractivity contribution is 0.0909. The average molecular weight is 459 g/mol. The third kappa shape index (κ3) is 4.67. The number of rotatable bonds is 6. The van der Waals surface area contributed by atoms with E-state index in [2.05, 4.69) is 5.32 Å². The molecule has 1 amide bonds. The number of carbonyl (C=O) groups excluding carboxylic acids is 2. The molecule has 0 unspecified atom stereocenters. The zero-order valence-corrected chi connectivity index (χ0v) is 20.1. The van der Waals surface area contributed by atoms with Crippen LogP contribution in [0.5, 0.6) is 5.75 Å². The van der Waals surface area contributed by atoms with Gasteiger partial charge in [0.1, 0.15) is 11.3 Å². The number of amides is 1. The first-order valence-corrected chi connectivity index (χ1v) is 11.6. The number of benzene rings is 2. The molecule has 0 atom stereocenters. The minimum Gasteiger partial charge on any atom is -0.494 e. The van der Waals surface area contributed by atoms with E-state index in [-0.39, 0.29) is 23.3 Å². The molecule has 1 aliphatic carbocycles. The summed E-state index contributed by atoms with van der Waals surface area (Å²) >= 11 is 0. The van der Waals surface area contributed by atoms with Gasteiger partial charge in [0.25, 0.3) is 11.5 Å². The molecule has 2 aromatic carbocycles. The zero-order valence-electron chi connectivity index (χ0n) is 20.1. The summed E-state index contributed by atoms with van der Waals surface area (Å²) in [4.78, 5) is 40.1. The molecule has 4 rings (SSSR count). The molecule has 1 N–H and O–H groups in total. The SMILES string of the molecule is CCOc1ccccc1CNC(=O)c1c2c(cn(-c3ccc(C)cc3)c1=O)C(=O)CC(C)(C)C2. The van der Waals surface area contributed by atoms with Gasteiger partial charge in [-0.3, -0.25) is 19.0 Å². The number of aryl methyl sites for hydroxylation is 1. The molecule has 34 heavy (non-hydrogen) atoms. The zero-order chi connectivity index (χ0) is 24.5. The Morgan fingerprint density at radius 1 is 1.06 bits per heavy atom. The standard InChI is InChI=1S/C28H30N2O4/c1-5-34-24-9-7-6-8-19(24)16-29-26(32)25-21-14-28(3,4)15-23(31)22(21)17-30(27(25)33)20-12-10-18(2)11-13-20/h6-13,17H,5,14-16H2,1-4H3,(H,29,32). The van der Waals surface area contributed by atoms with Gasteiger partial charge in [0.15, 0.2) is 5.78 Å². The Bertz CT molecular complexity index is 1300. The smallest absolute Gasteiger partial charge is 0.268 e. The summed E-state index contributed by atoms with van der Waals surface area (Å²) in [5, 5.41) is 2.89. The topological polar surface area (TPSA) is 77.4 Å². The molecule has 0 aliphatic heterocycles. The van der Waals surface area contributed by atoms with Gasteiger partial charge < -0.3 is 10.1 Å². The van der Waals surface area contributed by atoms with Crippen molar-refractivity contribution in [1.82, 2.24) is 9.88 Å². The lowest BCUT2D eigenvalue weighted by Crippen LogP contribution is -2.38. The highest BCUT2D eigenvalue weighted by Crippen LogP contribution is 2.35. The number of ether oxygens (including phenoxy) is 1. The fourth-order valence-electron chi connectivity index (χ4n) is 4.49. The Labute approximate surface area is 199 Å². The molecule has 1 heterocycles. The summed E-state index contributed by atoms with van der Waals surface area (Å²) in [5.74, 6) is 0.149. The van der Waals surface area contributed by atoms with Crippen molar-refractivity contribution < 1.29 is 14.3 Å². The molecule has 0 radical (unpaired) electrons. The number of hydrogen-bond acceptors (Lipinski definition) is 4. The Balaban J connectivity index is 1.79. The van der Waals surface area contributed by atoms with E-state index < -0.39 is 11.5 Å². The van der Waals surface area contributed by atoms with Crippen molar-refractivity contribution in [3.05, 3.63) is 92.9 Å². The lowest BCUT2D eigenvalue weighted by Gasteiger charge is -2.31. The quantitative estimate of drug-likeness (QED) is 0.584. The van der Waals surface area contributed by atoms with Crippen molar-refractivity contribution in [1.29, 1.82) is 0 Å². The highest BCUT2D eigenvalue weighted by molar-refractivity contribution is 6.04. The first kappa shape index (κ1) is 23.5. The van der Waals surface area contributed by atoms with Crippen molar-refractivity contribution in [2.45, 2.75) is 47.1 Å². The normalized spacial score (nSPS) is 14.4. The Kier molecular flexibility index (Phi) is 6.42. The Morgan fingerprint density at radius 3 is 2.47 bits per heavy atom. The summed E-state index contributed by atoms with van der Waals surface area (Å²) in [5.41, 5.74) is 2.74. The van der Waals surface area contributed by atoms with Crippen molar-refractivity contribution in [2.75, 3.05) is 6.61 Å². The molecular weight excluding hydrogens is 428 g/mol. The molecule has 6 nitrogen and oxygen atoms in total. The van der Waals surface area contributed by atoms with E-state index in [1.807, 2.05) is 76.2 Å². The number of pyridine rings is 1. The number of fused-ring (bicyclic) bond motifs is 1. The first-order chi connectivity index (χ1) is 16.2. The summed E-state index contributed by atoms with van der Waals surface area (Å²) in [7, 11) is 0. The molecule has 1 aromatic heterocycles. The van der Waals surface area contributed by atoms with Crippen LogP contribution in [0, 0.1) is 12.3 Å². The van der Waals surface area contributed by atoms with Crippen molar-refractivity contribution in [2.24, 2.45) is 5.41 Å². The van der Waals surface area contributed by atoms with E-state index in [1.165, 1.54) is 4.57 Å². The third-order valence-electron chi connectivity index (χ3n) is 6.16. The number of hydrogen-bond donors (Lipinski definition) is 1. The highest BCUT2D eigenvalue weighted by atomic mass is 16.5. The van der Waals surface area contributed by atoms with Gasteiger partial charge in [0.05, 0.1) is 6.61 Å². The van der Waals surface area contributed by atoms with E-state index >= 15 is 0 Å². The highest BCUT2D eigenvalue weighted by Gasteiger charge is 2.36. The summed E-state index contributed by atoms with van der Waals surface area (Å²) in [6.07, 6.45) is 2.45. The van der Waals surface area contributed by atoms with Gasteiger partial charge in [-0.1, -0.05) is 49.7 Å². The summed E-state index contributed by atoms with van der Waals surface area (Å²) in [6.45, 7) is 8.55. The van der Waals surface area contributed by atoms with Crippen molar-refractivity contribution in [3.8, 4) is 11.4 Å². The van der Waals surface area contributed by atoms with Crippen LogP contribution in [0.3, 0.4) is 0 Å². The van der Waals surface area contributed by atoms with Crippen LogP contribution in [0.4, 0.5) is 0 Å². The van der Waals surface area contributed by atoms with E-state index in [9.17, 15) is 14.4 Å². The van der Waals surface area contributed by atoms with Gasteiger partial charge in [0, 0.05) is 36.0 Å². The van der Waals surface area contributed by atoms with Crippen LogP contribution in [0.15, 0.2) is 59.5 Å². The Morgan fingerprint density at radius 2 is 1.76 bits per heavy atom. The van der Waals surface area contributed by atoms with Gasteiger partial charge in [-0.25, -0.2) is 0 Å². The van der Waals surface area contributed by atoms with Crippen LogP contribution in [-0.4, -0.2) is 22.9 Å². The Hall–Kier alpha value is -3.67. The maximum Gasteiger partial charge on any atom is 0.268 e. The van der Waals surface area contributed by atoms with Gasteiger partial charge in [-0.05, 0) is 49.4 Å². The second kappa shape index (κ2) is 9.29. The molecule has 0 spiro atoms. The maximum absolute atomic E-state index is 13.6. The van der Waals surface area contributed by atoms with Crippen LogP contribution in [0.25, 0.3) is 5.69 Å². The number of aromatic nitrogens is 1. The van der Waals surface area contributed by atoms with Gasteiger partial charge in [-0.2, -0.15) is 0 Å². The molecule has 176 valence electrons. The number of ketones is 1. The monoisotopic (exact) mass is 458 g/mol. The fraction of sp³-hybridized carbons (Fsp3) is 0.321. The van der Waals surface area contributed by atoms with Crippen LogP contribution in [0.1, 0.15) is 64.6 Å². The summed E-state index contributed by atoms with van der Waals surface area (Å²) in [6, 6.07) is 14.9. The van der Waals surface area contributed by atoms with E-state index in [4.69, 9.17) is 4.74 Å². The minimum absolute atomic E-state index is 0.0353. The second-order valence-electron chi connectivity index (χ2n) is 9.57. The van der Waals surface area contributed by atoms with E-state index in [0.717, 1.165) is 11.1 Å². The molecule has 6 heteroatoms. The first-order valence-electron chi connectivity index (χ1n) is 11.6. The second-order valence-corrected chi connectivity index (χ2v) is 9.57. The lowest BCUT2D eigenvalue weighted by atomic mass is 9.73. The number of carbonyl (C=O) groups is 2.